The highest BCUT2D eigenvalue weighted by Crippen LogP contribution is 2.46. The van der Waals surface area contributed by atoms with E-state index in [9.17, 15) is 8.42 Å². The minimum Gasteiger partial charge on any atom is -0.490 e. The number of nitrogens with zero attached hydrogens (tertiary/aromatic N) is 3. The largest absolute Gasteiger partial charge is 0.490 e. The third-order valence-electron chi connectivity index (χ3n) is 10.0. The van der Waals surface area contributed by atoms with E-state index < -0.39 is 15.6 Å². The van der Waals surface area contributed by atoms with Gasteiger partial charge in [-0.3, -0.25) is 9.21 Å². The highest BCUT2D eigenvalue weighted by molar-refractivity contribution is 8.00. The van der Waals surface area contributed by atoms with Crippen molar-refractivity contribution >= 4 is 33.2 Å². The van der Waals surface area contributed by atoms with Crippen molar-refractivity contribution in [2.24, 2.45) is 5.16 Å². The number of oxime groups is 1. The van der Waals surface area contributed by atoms with Crippen molar-refractivity contribution in [1.29, 1.82) is 0 Å². The van der Waals surface area contributed by atoms with Crippen LogP contribution >= 0.6 is 11.8 Å². The summed E-state index contributed by atoms with van der Waals surface area (Å²) in [5.74, 6) is 1.71. The summed E-state index contributed by atoms with van der Waals surface area (Å²) < 4.78 is 33.2. The van der Waals surface area contributed by atoms with Crippen molar-refractivity contribution in [2.45, 2.75) is 29.0 Å². The summed E-state index contributed by atoms with van der Waals surface area (Å²) in [6, 6.07) is 56.7. The molecule has 0 saturated carbocycles. The van der Waals surface area contributed by atoms with Crippen LogP contribution in [-0.4, -0.2) is 57.0 Å². The third-order valence-corrected chi connectivity index (χ3v) is 13.1. The molecular formula is C46H45N3O4S2. The van der Waals surface area contributed by atoms with Crippen LogP contribution < -0.4 is 9.04 Å². The van der Waals surface area contributed by atoms with Crippen molar-refractivity contribution < 1.29 is 18.0 Å². The van der Waals surface area contributed by atoms with E-state index in [1.54, 1.807) is 49.5 Å². The molecule has 0 N–H and O–H groups in total. The highest BCUT2D eigenvalue weighted by atomic mass is 32.2. The molecule has 0 aromatic heterocycles. The van der Waals surface area contributed by atoms with Gasteiger partial charge in [0.2, 0.25) is 0 Å². The van der Waals surface area contributed by atoms with E-state index in [0.29, 0.717) is 23.3 Å². The standard InChI is InChI=1S/C46H45N3O4S2/c1-36(38-25-27-42(28-26-38)48(2)55(50,51)45-21-13-6-14-22-45)47-53-32-31-52-43-29-23-37(24-30-43)33-44-34-49(35-54-44)46(39-15-7-3-8-16-39,40-17-9-4-10-18-40)41-19-11-5-12-20-41/h3-30,44H,31-35H2,1-2H3. The molecule has 1 atom stereocenters. The molecule has 6 aromatic rings. The summed E-state index contributed by atoms with van der Waals surface area (Å²) in [5, 5.41) is 4.69. The predicted molar refractivity (Wildman–Crippen MR) is 224 cm³/mol. The predicted octanol–water partition coefficient (Wildman–Crippen LogP) is 9.24. The Morgan fingerprint density at radius 3 is 1.80 bits per heavy atom. The molecule has 7 nitrogen and oxygen atoms in total. The molecule has 1 saturated heterocycles. The van der Waals surface area contributed by atoms with E-state index in [-0.39, 0.29) is 11.5 Å². The first-order valence-corrected chi connectivity index (χ1v) is 20.9. The molecule has 280 valence electrons. The second kappa shape index (κ2) is 17.4. The molecule has 0 radical (unpaired) electrons. The third kappa shape index (κ3) is 8.49. The normalized spacial score (nSPS) is 15.1. The number of benzene rings is 6. The second-order valence-electron chi connectivity index (χ2n) is 13.5. The highest BCUT2D eigenvalue weighted by Gasteiger charge is 2.45. The molecule has 0 spiro atoms. The van der Waals surface area contributed by atoms with Crippen LogP contribution in [0, 0.1) is 0 Å². The number of anilines is 1. The SMILES string of the molecule is CC(=NOCCOc1ccc(CC2CN(C(c3ccccc3)(c3ccccc3)c3ccccc3)CS2)cc1)c1ccc(N(C)S(=O)(=O)c2ccccc2)cc1. The average molecular weight is 768 g/mol. The maximum atomic E-state index is 13.0. The van der Waals surface area contributed by atoms with Crippen LogP contribution in [0.15, 0.2) is 180 Å². The lowest BCUT2D eigenvalue weighted by atomic mass is 9.75. The van der Waals surface area contributed by atoms with E-state index >= 15 is 0 Å². The van der Waals surface area contributed by atoms with Crippen LogP contribution in [-0.2, 0) is 26.8 Å². The van der Waals surface area contributed by atoms with Crippen LogP contribution in [0.5, 0.6) is 5.75 Å². The summed E-state index contributed by atoms with van der Waals surface area (Å²) in [6.07, 6.45) is 0.965. The number of hydrogen-bond donors (Lipinski definition) is 0. The summed E-state index contributed by atoms with van der Waals surface area (Å²) in [7, 11) is -2.10. The number of sulfonamides is 1. The Labute approximate surface area is 329 Å². The van der Waals surface area contributed by atoms with Crippen molar-refractivity contribution in [3.8, 4) is 5.75 Å². The number of hydrogen-bond acceptors (Lipinski definition) is 7. The lowest BCUT2D eigenvalue weighted by Crippen LogP contribution is -2.47. The molecule has 1 aliphatic rings. The Kier molecular flexibility index (Phi) is 12.0. The van der Waals surface area contributed by atoms with E-state index in [0.717, 1.165) is 30.2 Å². The Morgan fingerprint density at radius 1 is 0.727 bits per heavy atom. The monoisotopic (exact) mass is 767 g/mol. The Morgan fingerprint density at radius 2 is 1.25 bits per heavy atom. The van der Waals surface area contributed by atoms with Gasteiger partial charge in [-0.25, -0.2) is 8.42 Å². The summed E-state index contributed by atoms with van der Waals surface area (Å²) in [4.78, 5) is 8.45. The molecule has 1 aliphatic heterocycles. The molecular weight excluding hydrogens is 723 g/mol. The van der Waals surface area contributed by atoms with Gasteiger partial charge in [0.1, 0.15) is 12.4 Å². The fourth-order valence-corrected chi connectivity index (χ4v) is 9.67. The Balaban J connectivity index is 0.923. The van der Waals surface area contributed by atoms with Gasteiger partial charge in [0, 0.05) is 24.7 Å². The van der Waals surface area contributed by atoms with E-state index in [4.69, 9.17) is 9.57 Å². The van der Waals surface area contributed by atoms with Crippen molar-refractivity contribution in [2.75, 3.05) is 37.0 Å². The first kappa shape index (κ1) is 37.9. The van der Waals surface area contributed by atoms with Crippen LogP contribution in [0.4, 0.5) is 5.69 Å². The summed E-state index contributed by atoms with van der Waals surface area (Å²) in [5.41, 5.74) is 6.78. The van der Waals surface area contributed by atoms with Crippen molar-refractivity contribution in [1.82, 2.24) is 4.90 Å². The topological polar surface area (TPSA) is 71.4 Å². The van der Waals surface area contributed by atoms with Crippen molar-refractivity contribution in [3.05, 3.63) is 198 Å². The molecule has 6 aromatic carbocycles. The van der Waals surface area contributed by atoms with Gasteiger partial charge in [0.05, 0.1) is 21.8 Å². The zero-order valence-electron chi connectivity index (χ0n) is 31.1. The summed E-state index contributed by atoms with van der Waals surface area (Å²) in [6.45, 7) is 3.45. The molecule has 1 fully saturated rings. The van der Waals surface area contributed by atoms with Gasteiger partial charge < -0.3 is 9.57 Å². The second-order valence-corrected chi connectivity index (χ2v) is 16.7. The quantitative estimate of drug-likeness (QED) is 0.0449. The van der Waals surface area contributed by atoms with Crippen LogP contribution in [0.1, 0.15) is 34.7 Å². The van der Waals surface area contributed by atoms with Gasteiger partial charge in [-0.05, 0) is 77.6 Å². The summed E-state index contributed by atoms with van der Waals surface area (Å²) >= 11 is 2.02. The Bertz CT molecular complexity index is 2160. The number of ether oxygens (including phenoxy) is 1. The molecule has 0 aliphatic carbocycles. The lowest BCUT2D eigenvalue weighted by Gasteiger charge is -2.43. The smallest absolute Gasteiger partial charge is 0.264 e. The lowest BCUT2D eigenvalue weighted by molar-refractivity contribution is 0.107. The first-order valence-electron chi connectivity index (χ1n) is 18.4. The maximum Gasteiger partial charge on any atom is 0.264 e. The van der Waals surface area contributed by atoms with Crippen LogP contribution in [0.25, 0.3) is 0 Å². The van der Waals surface area contributed by atoms with Gasteiger partial charge in [-0.15, -0.1) is 11.8 Å². The van der Waals surface area contributed by atoms with Gasteiger partial charge in [-0.2, -0.15) is 0 Å². The number of thioether (sulfide) groups is 1. The molecule has 1 heterocycles. The van der Waals surface area contributed by atoms with Gasteiger partial charge in [0.15, 0.2) is 6.61 Å². The van der Waals surface area contributed by atoms with E-state index in [2.05, 4.69) is 113 Å². The molecule has 0 amide bonds. The first-order chi connectivity index (χ1) is 26.9. The van der Waals surface area contributed by atoms with Crippen molar-refractivity contribution in [3.63, 3.8) is 0 Å². The van der Waals surface area contributed by atoms with Gasteiger partial charge in [0.25, 0.3) is 10.0 Å². The van der Waals surface area contributed by atoms with Crippen LogP contribution in [0.2, 0.25) is 0 Å². The molecule has 7 rings (SSSR count). The minimum absolute atomic E-state index is 0.245. The van der Waals surface area contributed by atoms with Crippen LogP contribution in [0.3, 0.4) is 0 Å². The van der Waals surface area contributed by atoms with E-state index in [1.807, 2.05) is 43.0 Å². The minimum atomic E-state index is -3.65. The molecule has 0 bridgehead atoms. The zero-order valence-corrected chi connectivity index (χ0v) is 32.7. The molecule has 9 heteroatoms. The molecule has 55 heavy (non-hydrogen) atoms. The van der Waals surface area contributed by atoms with Gasteiger partial charge >= 0.3 is 0 Å². The Hall–Kier alpha value is -5.35. The fraction of sp³-hybridized carbons (Fsp3) is 0.196. The maximum absolute atomic E-state index is 13.0. The fourth-order valence-electron chi connectivity index (χ4n) is 7.17. The zero-order chi connectivity index (χ0) is 38.1. The molecule has 1 unspecified atom stereocenters. The number of rotatable bonds is 15. The van der Waals surface area contributed by atoms with E-state index in [1.165, 1.54) is 26.6 Å². The average Bonchev–Trinajstić information content (AvgIpc) is 3.71. The van der Waals surface area contributed by atoms with Gasteiger partial charge in [-0.1, -0.05) is 139 Å².